The molecule has 144 heavy (non-hydrogen) atoms. The van der Waals surface area contributed by atoms with Crippen LogP contribution in [0.5, 0.6) is 80.5 Å². The number of methoxy groups -OCH3 is 10. The van der Waals surface area contributed by atoms with Gasteiger partial charge in [-0.2, -0.15) is 0 Å². The molecular formula is C106H93Cl7N2O29. The quantitative estimate of drug-likeness (QED) is 0.0165. The Hall–Kier alpha value is -15.7. The first-order chi connectivity index (χ1) is 69.2. The number of benzene rings is 12. The predicted octanol–water partition coefficient (Wildman–Crippen LogP) is 22.9. The molecule has 0 bridgehead atoms. The van der Waals surface area contributed by atoms with Gasteiger partial charge in [0.1, 0.15) is 140 Å². The van der Waals surface area contributed by atoms with Crippen LogP contribution in [0.25, 0.3) is 22.5 Å². The molecule has 1 aliphatic rings. The van der Waals surface area contributed by atoms with E-state index in [1.165, 1.54) is 144 Å². The molecule has 14 aromatic rings. The average molecular weight is 2110 g/mol. The van der Waals surface area contributed by atoms with Crippen LogP contribution in [0.4, 0.5) is 0 Å². The van der Waals surface area contributed by atoms with Crippen molar-refractivity contribution in [3.05, 3.63) is 385 Å². The van der Waals surface area contributed by atoms with Crippen molar-refractivity contribution < 1.29 is 130 Å². The molecule has 0 saturated heterocycles. The van der Waals surface area contributed by atoms with Crippen molar-refractivity contribution in [2.24, 2.45) is 0 Å². The molecule has 31 nitrogen and oxygen atoms in total. The number of carbonyl (C=O) groups is 7. The zero-order valence-electron chi connectivity index (χ0n) is 78.6. The third-order valence-corrected chi connectivity index (χ3v) is 22.2. The van der Waals surface area contributed by atoms with Crippen LogP contribution in [-0.4, -0.2) is 149 Å². The van der Waals surface area contributed by atoms with E-state index in [2.05, 4.69) is 14.5 Å². The van der Waals surface area contributed by atoms with Gasteiger partial charge in [-0.25, -0.2) is 28.8 Å². The van der Waals surface area contributed by atoms with Crippen molar-refractivity contribution in [3.63, 3.8) is 0 Å². The highest BCUT2D eigenvalue weighted by Crippen LogP contribution is 2.46. The van der Waals surface area contributed by atoms with Crippen LogP contribution >= 0.6 is 81.2 Å². The number of ether oxygens (including phenoxy) is 16. The molecule has 15 rings (SSSR count). The number of carboxylic acids is 2. The number of nitrogens with zero attached hydrogens (tertiary/aromatic N) is 1. The summed E-state index contributed by atoms with van der Waals surface area (Å²) >= 11 is 41.7. The van der Waals surface area contributed by atoms with Crippen LogP contribution < -0.4 is 67.7 Å². The summed E-state index contributed by atoms with van der Waals surface area (Å²) in [5.41, 5.74) is 6.01. The Morgan fingerprint density at radius 3 is 1.13 bits per heavy atom. The molecule has 38 heteroatoms. The van der Waals surface area contributed by atoms with E-state index in [1.54, 1.807) is 54.0 Å². The second-order valence-corrected chi connectivity index (χ2v) is 32.1. The number of esters is 4. The molecule has 1 unspecified atom stereocenters. The fourth-order valence-corrected chi connectivity index (χ4v) is 14.6. The summed E-state index contributed by atoms with van der Waals surface area (Å²) in [6.45, 7) is 3.11. The van der Waals surface area contributed by atoms with E-state index in [9.17, 15) is 63.6 Å². The van der Waals surface area contributed by atoms with Gasteiger partial charge >= 0.3 is 35.8 Å². The SMILES string of the molecule is CCOC(=O)c1c[nH]c(-c2cc(Cl)c(OC)cc2OCc2ccccc2)cc1=O.COC(=O)c1cc(Cl)c(OC)cc1O.COC(=O)c1cc(Cl)c(OC)cc1OCc1ccccc1.COC(=O)c1ccc(OC)cc1O.COc1cc(OCc2ccccc2)c(C(=O)Cl)cc1Cl.COc1cc(OCc2ccccc2)c(C(=O)O)cc1Cl.COc1cc2c(cc1Cl)-c1cc(=O)c(C(=O)O)cn1C(c1ccccc1)O2. The summed E-state index contributed by atoms with van der Waals surface area (Å²) in [7, 11) is 14.1. The highest BCUT2D eigenvalue weighted by atomic mass is 35.5. The minimum absolute atomic E-state index is 0.00623. The Kier molecular flexibility index (Phi) is 43.1. The predicted molar refractivity (Wildman–Crippen MR) is 542 cm³/mol. The maximum absolute atomic E-state index is 12.4. The number of hydrogen-bond donors (Lipinski definition) is 5. The first kappa shape index (κ1) is 112. The molecule has 12 aromatic carbocycles. The lowest BCUT2D eigenvalue weighted by molar-refractivity contribution is 0.0521. The van der Waals surface area contributed by atoms with Crippen LogP contribution in [0.1, 0.15) is 113 Å². The summed E-state index contributed by atoms with van der Waals surface area (Å²) in [6.07, 6.45) is 1.99. The Morgan fingerprint density at radius 2 is 0.715 bits per heavy atom. The van der Waals surface area contributed by atoms with Gasteiger partial charge < -0.3 is 106 Å². The zero-order chi connectivity index (χ0) is 105. The van der Waals surface area contributed by atoms with Crippen LogP contribution in [0.15, 0.2) is 277 Å². The molecule has 3 heterocycles. The summed E-state index contributed by atoms with van der Waals surface area (Å²) in [5, 5.41) is 38.5. The van der Waals surface area contributed by atoms with Crippen LogP contribution in [0, 0.1) is 0 Å². The van der Waals surface area contributed by atoms with Gasteiger partial charge in [-0.3, -0.25) is 14.4 Å². The molecule has 0 radical (unpaired) electrons. The fraction of sp³-hybridized carbons (Fsp3) is 0.160. The number of hydrogen-bond acceptors (Lipinski definition) is 27. The number of aromatic carboxylic acids is 2. The first-order valence-electron chi connectivity index (χ1n) is 42.5. The number of phenolic OH excluding ortho intramolecular Hbond substituents is 2. The third-order valence-electron chi connectivity index (χ3n) is 20.2. The van der Waals surface area contributed by atoms with Gasteiger partial charge in [0.15, 0.2) is 10.9 Å². The summed E-state index contributed by atoms with van der Waals surface area (Å²) in [5.74, 6) is -0.326. The van der Waals surface area contributed by atoms with Crippen LogP contribution in [0.3, 0.4) is 0 Å². The lowest BCUT2D eigenvalue weighted by Crippen LogP contribution is -2.27. The largest absolute Gasteiger partial charge is 0.507 e. The number of carboxylic acid groups (broad SMARTS) is 2. The van der Waals surface area contributed by atoms with Crippen molar-refractivity contribution in [3.8, 4) is 103 Å². The fourth-order valence-electron chi connectivity index (χ4n) is 13.0. The van der Waals surface area contributed by atoms with Crippen molar-refractivity contribution in [2.75, 3.05) is 77.7 Å². The lowest BCUT2D eigenvalue weighted by atomic mass is 10.0. The molecule has 0 spiro atoms. The van der Waals surface area contributed by atoms with Crippen LogP contribution in [-0.2, 0) is 45.4 Å². The van der Waals surface area contributed by atoms with E-state index in [0.29, 0.717) is 126 Å². The highest BCUT2D eigenvalue weighted by molar-refractivity contribution is 6.68. The Balaban J connectivity index is 0.000000190. The Labute approximate surface area is 860 Å². The number of rotatable bonds is 29. The van der Waals surface area contributed by atoms with Crippen molar-refractivity contribution >= 4 is 122 Å². The second kappa shape index (κ2) is 55.5. The van der Waals surface area contributed by atoms with E-state index in [4.69, 9.17) is 148 Å². The second-order valence-electron chi connectivity index (χ2n) is 29.3. The van der Waals surface area contributed by atoms with E-state index >= 15 is 0 Å². The smallest absolute Gasteiger partial charge is 0.343 e. The molecule has 0 saturated carbocycles. The monoisotopic (exact) mass is 2100 g/mol. The van der Waals surface area contributed by atoms with Crippen molar-refractivity contribution in [1.82, 2.24) is 9.55 Å². The summed E-state index contributed by atoms with van der Waals surface area (Å²) in [4.78, 5) is 108. The number of aromatic amines is 1. The number of nitrogens with one attached hydrogen (secondary N) is 1. The molecule has 1 aliphatic heterocycles. The topological polar surface area (TPSA) is 403 Å². The summed E-state index contributed by atoms with van der Waals surface area (Å²) < 4.78 is 84.7. The normalized spacial score (nSPS) is 10.9. The maximum Gasteiger partial charge on any atom is 0.343 e. The molecule has 2 aromatic heterocycles. The van der Waals surface area contributed by atoms with Gasteiger partial charge in [0, 0.05) is 83.7 Å². The number of phenols is 2. The number of aromatic hydroxyl groups is 2. The maximum atomic E-state index is 12.4. The van der Waals surface area contributed by atoms with Crippen molar-refractivity contribution in [2.45, 2.75) is 39.6 Å². The number of aromatic nitrogens is 2. The molecule has 0 amide bonds. The number of halogens is 7. The van der Waals surface area contributed by atoms with Crippen molar-refractivity contribution in [1.29, 1.82) is 0 Å². The van der Waals surface area contributed by atoms with E-state index in [0.717, 1.165) is 27.8 Å². The van der Waals surface area contributed by atoms with Gasteiger partial charge in [-0.05, 0) is 89.3 Å². The first-order valence-corrected chi connectivity index (χ1v) is 45.1. The number of H-pyrrole nitrogens is 1. The van der Waals surface area contributed by atoms with E-state index in [-0.39, 0.29) is 79.5 Å². The minimum Gasteiger partial charge on any atom is -0.507 e. The third kappa shape index (κ3) is 30.9. The standard InChI is InChI=1S/C22H20ClNO5.C20H14ClNO5.C16H15ClO4.C15H12Cl2O3.C15H13ClO4.C9H9ClO4.C9H10O4/c1-3-28-22(26)16-12-24-18(10-19(16)25)15-9-17(23)21(27-2)11-20(15)29-13-14-7-5-4-6-8-14;1-26-18-9-17-12(7-14(18)21)15-8-16(23)13(20(24)25)10-22(15)19(27-17)11-5-3-2-4-6-11;1-19-15-9-14(12(8-13(15)17)16(18)20-2)21-10-11-6-4-3-5-7-11;2*1-19-14-8-13(11(15(17)18)7-12(14)16)20-9-10-5-3-2-4-6-10;1-13-8-4-7(11)5(3-6(8)10)9(12)14-2;1-12-6-3-4-7(8(10)5-6)9(11)13-2/h4-12H,3,13H2,1-2H3,(H,24,25);2-10,19H,1H3,(H,24,25);3-9H,10H2,1-2H3;2-8H,9H2,1H3;2-8H,9H2,1H3,(H,17,18);3-4,11H,1-2H3;3-5,10H,1-2H3. The van der Waals surface area contributed by atoms with Gasteiger partial charge in [-0.1, -0.05) is 221 Å². The molecule has 1 atom stereocenters. The minimum atomic E-state index is -1.29. The zero-order valence-corrected chi connectivity index (χ0v) is 83.9. The molecule has 5 N–H and O–H groups in total. The van der Waals surface area contributed by atoms with Crippen LogP contribution in [0.2, 0.25) is 30.1 Å². The number of fused-ring (bicyclic) bond motifs is 3. The number of carbonyl (C=O) groups excluding carboxylic acids is 5. The highest BCUT2D eigenvalue weighted by Gasteiger charge is 2.31. The summed E-state index contributed by atoms with van der Waals surface area (Å²) in [6, 6.07) is 72.7. The lowest BCUT2D eigenvalue weighted by Gasteiger charge is -2.32. The Bertz CT molecular complexity index is 6830. The Morgan fingerprint density at radius 1 is 0.354 bits per heavy atom. The van der Waals surface area contributed by atoms with E-state index < -0.39 is 58.1 Å². The van der Waals surface area contributed by atoms with E-state index in [1.807, 2.05) is 152 Å². The van der Waals surface area contributed by atoms with Gasteiger partial charge in [0.25, 0.3) is 5.24 Å². The molecular weight excluding hydrogens is 2010 g/mol. The molecule has 0 aliphatic carbocycles. The average Bonchev–Trinajstić information content (AvgIpc) is 0.742. The van der Waals surface area contributed by atoms with Gasteiger partial charge in [0.05, 0.1) is 125 Å². The molecule has 750 valence electrons. The number of pyridine rings is 2. The molecule has 0 fully saturated rings. The van der Waals surface area contributed by atoms with Gasteiger partial charge in [-0.15, -0.1) is 0 Å². The van der Waals surface area contributed by atoms with Gasteiger partial charge in [0.2, 0.25) is 6.23 Å².